The molecular weight excluding hydrogens is 484 g/mol. The maximum absolute atomic E-state index is 4.35. The molecule has 2 aromatic heterocycles. The van der Waals surface area contributed by atoms with Gasteiger partial charge in [0.05, 0.1) is 0 Å². The molecule has 40 heavy (non-hydrogen) atoms. The number of fused-ring (bicyclic) bond motifs is 4. The molecule has 0 saturated heterocycles. The molecular formula is C38H34N2. The Morgan fingerprint density at radius 3 is 1.88 bits per heavy atom. The first-order valence-corrected chi connectivity index (χ1v) is 14.0. The van der Waals surface area contributed by atoms with Crippen molar-refractivity contribution in [3.63, 3.8) is 0 Å². The quantitative estimate of drug-likeness (QED) is 0.148. The van der Waals surface area contributed by atoms with E-state index < -0.39 is 0 Å². The fourth-order valence-electron chi connectivity index (χ4n) is 5.75. The summed E-state index contributed by atoms with van der Waals surface area (Å²) in [4.78, 5) is 0. The van der Waals surface area contributed by atoms with Gasteiger partial charge in [0.1, 0.15) is 0 Å². The fraction of sp³-hybridized carbons (Fsp3) is 0.105. The van der Waals surface area contributed by atoms with Gasteiger partial charge in [-0.15, -0.1) is 0 Å². The summed E-state index contributed by atoms with van der Waals surface area (Å²) < 4.78 is 4.70. The van der Waals surface area contributed by atoms with Crippen LogP contribution in [0.25, 0.3) is 63.6 Å². The maximum Gasteiger partial charge on any atom is 0.0497 e. The van der Waals surface area contributed by atoms with Gasteiger partial charge in [0.2, 0.25) is 0 Å². The highest BCUT2D eigenvalue weighted by molar-refractivity contribution is 6.08. The van der Waals surface area contributed by atoms with Crippen LogP contribution in [0, 0.1) is 0 Å². The lowest BCUT2D eigenvalue weighted by Crippen LogP contribution is -2.27. The highest BCUT2D eigenvalue weighted by Crippen LogP contribution is 2.30. The van der Waals surface area contributed by atoms with Crippen LogP contribution in [0.5, 0.6) is 0 Å². The second-order valence-corrected chi connectivity index (χ2v) is 10.2. The van der Waals surface area contributed by atoms with E-state index in [0.717, 1.165) is 34.8 Å². The topological polar surface area (TPSA) is 9.86 Å². The van der Waals surface area contributed by atoms with Gasteiger partial charge in [0.15, 0.2) is 0 Å². The average molecular weight is 519 g/mol. The van der Waals surface area contributed by atoms with Gasteiger partial charge in [-0.1, -0.05) is 110 Å². The van der Waals surface area contributed by atoms with Crippen LogP contribution in [-0.2, 0) is 13.1 Å². The van der Waals surface area contributed by atoms with Gasteiger partial charge in [0, 0.05) is 56.4 Å². The molecule has 0 saturated carbocycles. The smallest absolute Gasteiger partial charge is 0.0497 e. The Balaban J connectivity index is 1.20. The van der Waals surface area contributed by atoms with Crippen molar-refractivity contribution in [2.45, 2.75) is 26.9 Å². The number of hydrogen-bond donors (Lipinski definition) is 0. The van der Waals surface area contributed by atoms with E-state index in [2.05, 4.69) is 158 Å². The van der Waals surface area contributed by atoms with Crippen molar-refractivity contribution in [1.29, 1.82) is 0 Å². The third-order valence-corrected chi connectivity index (χ3v) is 7.77. The van der Waals surface area contributed by atoms with Crippen molar-refractivity contribution in [3.05, 3.63) is 136 Å². The molecule has 6 rings (SSSR count). The maximum atomic E-state index is 4.35. The standard InChI is InChI=1S/C38H34N2/c1-5-39-35-13-9-7-11-32(35)28(4)37(39)25-27(3)15-16-29-17-19-30(20-18-29)21-22-31-23-24-34-33-12-8-10-14-36(33)40(6-2)38(34)26-31/h7-26H,3-6H2,1-2H3/b16-15+,22-21+,37-25+. The third-order valence-electron chi connectivity index (χ3n) is 7.77. The third kappa shape index (κ3) is 4.63. The molecule has 2 heteroatoms. The van der Waals surface area contributed by atoms with Crippen LogP contribution in [0.2, 0.25) is 0 Å². The summed E-state index contributed by atoms with van der Waals surface area (Å²) in [7, 11) is 0. The molecule has 0 bridgehead atoms. The predicted molar refractivity (Wildman–Crippen MR) is 176 cm³/mol. The lowest BCUT2D eigenvalue weighted by molar-refractivity contribution is 0.771. The number of benzene rings is 4. The molecule has 0 radical (unpaired) electrons. The molecule has 0 aliphatic rings. The molecule has 2 nitrogen and oxygen atoms in total. The van der Waals surface area contributed by atoms with E-state index >= 15 is 0 Å². The molecule has 0 aliphatic heterocycles. The monoisotopic (exact) mass is 518 g/mol. The van der Waals surface area contributed by atoms with Crippen LogP contribution in [0.1, 0.15) is 30.5 Å². The van der Waals surface area contributed by atoms with Crippen LogP contribution in [-0.4, -0.2) is 9.13 Å². The lowest BCUT2D eigenvalue weighted by atomic mass is 10.1. The number of allylic oxidation sites excluding steroid dienone is 2. The average Bonchev–Trinajstić information content (AvgIpc) is 3.46. The predicted octanol–water partition coefficient (Wildman–Crippen LogP) is 8.42. The zero-order valence-electron chi connectivity index (χ0n) is 23.3. The van der Waals surface area contributed by atoms with Gasteiger partial charge in [-0.25, -0.2) is 0 Å². The second-order valence-electron chi connectivity index (χ2n) is 10.2. The number of hydrogen-bond acceptors (Lipinski definition) is 0. The SMILES string of the molecule is C=C(/C=C/c1ccc(/C=C/c2ccc3c4ccccc4n(CC)c3c2)cc1)/C=c1\c(=C)c2ccccc2n1CC. The molecule has 196 valence electrons. The van der Waals surface area contributed by atoms with Crippen molar-refractivity contribution >= 4 is 63.6 Å². The molecule has 0 aliphatic carbocycles. The summed E-state index contributed by atoms with van der Waals surface area (Å²) >= 11 is 0. The van der Waals surface area contributed by atoms with E-state index in [-0.39, 0.29) is 0 Å². The molecule has 0 fully saturated rings. The second kappa shape index (κ2) is 10.7. The van der Waals surface area contributed by atoms with Crippen LogP contribution in [0.4, 0.5) is 0 Å². The number of aromatic nitrogens is 2. The minimum absolute atomic E-state index is 0.893. The summed E-state index contributed by atoms with van der Waals surface area (Å²) in [5.74, 6) is 0. The Hall–Kier alpha value is -4.82. The number of rotatable bonds is 7. The van der Waals surface area contributed by atoms with Crippen molar-refractivity contribution in [2.24, 2.45) is 0 Å². The van der Waals surface area contributed by atoms with Crippen LogP contribution in [0.15, 0.2) is 109 Å². The molecule has 0 amide bonds. The summed E-state index contributed by atoms with van der Waals surface area (Å²) in [6, 6.07) is 32.5. The van der Waals surface area contributed by atoms with Crippen LogP contribution < -0.4 is 10.6 Å². The highest BCUT2D eigenvalue weighted by Gasteiger charge is 2.09. The van der Waals surface area contributed by atoms with E-state index in [1.54, 1.807) is 0 Å². The summed E-state index contributed by atoms with van der Waals surface area (Å²) in [6.45, 7) is 14.9. The van der Waals surface area contributed by atoms with Gasteiger partial charge in [-0.2, -0.15) is 0 Å². The minimum atomic E-state index is 0.893. The first-order valence-electron chi connectivity index (χ1n) is 14.0. The van der Waals surface area contributed by atoms with Gasteiger partial charge >= 0.3 is 0 Å². The van der Waals surface area contributed by atoms with E-state index in [1.165, 1.54) is 43.8 Å². The molecule has 0 atom stereocenters. The number of para-hydroxylation sites is 2. The van der Waals surface area contributed by atoms with Crippen molar-refractivity contribution in [3.8, 4) is 0 Å². The van der Waals surface area contributed by atoms with Gasteiger partial charge < -0.3 is 9.13 Å². The lowest BCUT2D eigenvalue weighted by Gasteiger charge is -2.03. The summed E-state index contributed by atoms with van der Waals surface area (Å²) in [5.41, 5.74) is 8.27. The first-order chi connectivity index (χ1) is 19.6. The van der Waals surface area contributed by atoms with E-state index in [1.807, 2.05) is 0 Å². The number of nitrogens with zero attached hydrogens (tertiary/aromatic N) is 2. The molecule has 0 N–H and O–H groups in total. The molecule has 4 aromatic carbocycles. The van der Waals surface area contributed by atoms with E-state index in [9.17, 15) is 0 Å². The van der Waals surface area contributed by atoms with Crippen molar-refractivity contribution < 1.29 is 0 Å². The minimum Gasteiger partial charge on any atom is -0.341 e. The largest absolute Gasteiger partial charge is 0.341 e. The molecule has 0 spiro atoms. The Morgan fingerprint density at radius 2 is 1.18 bits per heavy atom. The van der Waals surface area contributed by atoms with Gasteiger partial charge in [0.25, 0.3) is 0 Å². The summed E-state index contributed by atoms with van der Waals surface area (Å²) in [6.07, 6.45) is 10.7. The normalized spacial score (nSPS) is 12.6. The van der Waals surface area contributed by atoms with Crippen molar-refractivity contribution in [2.75, 3.05) is 0 Å². The molecule has 6 aromatic rings. The summed E-state index contributed by atoms with van der Waals surface area (Å²) in [5, 5.41) is 6.00. The highest BCUT2D eigenvalue weighted by atomic mass is 15.0. The molecule has 2 heterocycles. The van der Waals surface area contributed by atoms with Gasteiger partial charge in [-0.05, 0) is 60.4 Å². The fourth-order valence-corrected chi connectivity index (χ4v) is 5.75. The Kier molecular flexibility index (Phi) is 6.84. The Morgan fingerprint density at radius 1 is 0.625 bits per heavy atom. The van der Waals surface area contributed by atoms with E-state index in [4.69, 9.17) is 0 Å². The van der Waals surface area contributed by atoms with E-state index in [0.29, 0.717) is 0 Å². The van der Waals surface area contributed by atoms with Crippen molar-refractivity contribution in [1.82, 2.24) is 9.13 Å². The zero-order chi connectivity index (χ0) is 27.6. The zero-order valence-corrected chi connectivity index (χ0v) is 23.3. The Labute approximate surface area is 235 Å². The molecule has 0 unspecified atom stereocenters. The van der Waals surface area contributed by atoms with Crippen LogP contribution in [0.3, 0.4) is 0 Å². The first kappa shape index (κ1) is 25.5. The van der Waals surface area contributed by atoms with Crippen LogP contribution >= 0.6 is 0 Å². The Bertz CT molecular complexity index is 2040. The number of aryl methyl sites for hydroxylation is 2. The van der Waals surface area contributed by atoms with Gasteiger partial charge in [-0.3, -0.25) is 0 Å².